The van der Waals surface area contributed by atoms with E-state index in [9.17, 15) is 13.5 Å². The average Bonchev–Trinajstić information content (AvgIpc) is 2.23. The van der Waals surface area contributed by atoms with Crippen molar-refractivity contribution in [1.29, 1.82) is 0 Å². The van der Waals surface area contributed by atoms with E-state index >= 15 is 0 Å². The van der Waals surface area contributed by atoms with Gasteiger partial charge in [0.25, 0.3) is 0 Å². The van der Waals surface area contributed by atoms with E-state index in [1.165, 1.54) is 18.2 Å². The number of benzene rings is 1. The Bertz CT molecular complexity index is 547. The van der Waals surface area contributed by atoms with Gasteiger partial charge in [0.2, 0.25) is 10.0 Å². The van der Waals surface area contributed by atoms with Crippen molar-refractivity contribution in [3.05, 3.63) is 28.2 Å². The largest absolute Gasteiger partial charge is 0.392 e. The van der Waals surface area contributed by atoms with Crippen LogP contribution in [-0.4, -0.2) is 26.2 Å². The highest BCUT2D eigenvalue weighted by molar-refractivity contribution is 7.89. The van der Waals surface area contributed by atoms with Crippen LogP contribution in [0, 0.1) is 5.41 Å². The Morgan fingerprint density at radius 1 is 1.20 bits per heavy atom. The van der Waals surface area contributed by atoms with Crippen LogP contribution in [-0.2, 0) is 10.0 Å². The fraction of sp³-hybridized carbons (Fsp3) is 0.538. The van der Waals surface area contributed by atoms with Crippen molar-refractivity contribution >= 4 is 33.2 Å². The molecule has 20 heavy (non-hydrogen) atoms. The predicted molar refractivity (Wildman–Crippen MR) is 81.7 cm³/mol. The summed E-state index contributed by atoms with van der Waals surface area (Å²) < 4.78 is 26.5. The van der Waals surface area contributed by atoms with E-state index < -0.39 is 16.1 Å². The maximum atomic E-state index is 12.1. The number of hydrogen-bond donors (Lipinski definition) is 2. The molecule has 1 aromatic rings. The van der Waals surface area contributed by atoms with E-state index in [2.05, 4.69) is 4.72 Å². The van der Waals surface area contributed by atoms with Crippen molar-refractivity contribution in [3.63, 3.8) is 0 Å². The molecular formula is C13H19Cl2NO3S. The quantitative estimate of drug-likeness (QED) is 0.866. The van der Waals surface area contributed by atoms with Gasteiger partial charge >= 0.3 is 0 Å². The Kier molecular flexibility index (Phi) is 5.87. The van der Waals surface area contributed by atoms with Crippen LogP contribution in [0.15, 0.2) is 23.1 Å². The highest BCUT2D eigenvalue weighted by Gasteiger charge is 2.20. The van der Waals surface area contributed by atoms with Crippen LogP contribution in [0.25, 0.3) is 0 Å². The molecular weight excluding hydrogens is 321 g/mol. The first-order valence-corrected chi connectivity index (χ1v) is 8.37. The lowest BCUT2D eigenvalue weighted by molar-refractivity contribution is 0.125. The van der Waals surface area contributed by atoms with Crippen molar-refractivity contribution < 1.29 is 13.5 Å². The summed E-state index contributed by atoms with van der Waals surface area (Å²) in [6, 6.07) is 4.08. The highest BCUT2D eigenvalue weighted by atomic mass is 35.5. The minimum Gasteiger partial charge on any atom is -0.392 e. The third kappa shape index (κ3) is 5.97. The van der Waals surface area contributed by atoms with Crippen molar-refractivity contribution in [2.24, 2.45) is 5.41 Å². The molecule has 1 atom stereocenters. The van der Waals surface area contributed by atoms with Crippen molar-refractivity contribution in [2.75, 3.05) is 6.54 Å². The van der Waals surface area contributed by atoms with Gasteiger partial charge < -0.3 is 5.11 Å². The molecule has 1 unspecified atom stereocenters. The molecule has 0 heterocycles. The molecule has 0 bridgehead atoms. The molecule has 0 aromatic heterocycles. The molecule has 7 heteroatoms. The topological polar surface area (TPSA) is 66.4 Å². The van der Waals surface area contributed by atoms with Crippen LogP contribution >= 0.6 is 23.2 Å². The monoisotopic (exact) mass is 339 g/mol. The molecule has 1 aromatic carbocycles. The van der Waals surface area contributed by atoms with E-state index in [1.807, 2.05) is 20.8 Å². The molecule has 2 N–H and O–H groups in total. The third-order valence-electron chi connectivity index (χ3n) is 2.50. The molecule has 0 aliphatic rings. The van der Waals surface area contributed by atoms with Gasteiger partial charge in [0, 0.05) is 16.6 Å². The van der Waals surface area contributed by atoms with E-state index in [4.69, 9.17) is 23.2 Å². The van der Waals surface area contributed by atoms with Gasteiger partial charge in [-0.2, -0.15) is 0 Å². The maximum Gasteiger partial charge on any atom is 0.240 e. The first-order valence-electron chi connectivity index (χ1n) is 6.13. The first-order chi connectivity index (χ1) is 8.99. The fourth-order valence-electron chi connectivity index (χ4n) is 1.75. The second kappa shape index (κ2) is 6.62. The zero-order chi connectivity index (χ0) is 15.6. The lowest BCUT2D eigenvalue weighted by atomic mass is 9.89. The van der Waals surface area contributed by atoms with E-state index in [0.717, 1.165) is 0 Å². The predicted octanol–water partition coefficient (Wildman–Crippen LogP) is 3.07. The van der Waals surface area contributed by atoms with Gasteiger partial charge in [-0.1, -0.05) is 44.0 Å². The molecule has 0 fully saturated rings. The van der Waals surface area contributed by atoms with Crippen LogP contribution in [0.4, 0.5) is 0 Å². The maximum absolute atomic E-state index is 12.1. The SMILES string of the molecule is CC(C)(C)CC(O)CNS(=O)(=O)c1cc(Cl)cc(Cl)c1. The normalized spacial score (nSPS) is 14.3. The first kappa shape index (κ1) is 17.7. The minimum absolute atomic E-state index is 0.0158. The van der Waals surface area contributed by atoms with Gasteiger partial charge in [0.05, 0.1) is 11.0 Å². The Hall–Kier alpha value is -0.330. The lowest BCUT2D eigenvalue weighted by Gasteiger charge is -2.22. The minimum atomic E-state index is -3.73. The number of aliphatic hydroxyl groups is 1. The van der Waals surface area contributed by atoms with Gasteiger partial charge in [0.15, 0.2) is 0 Å². The van der Waals surface area contributed by atoms with Gasteiger partial charge in [-0.3, -0.25) is 0 Å². The second-order valence-corrected chi connectivity index (χ2v) is 8.52. The summed E-state index contributed by atoms with van der Waals surface area (Å²) in [5.74, 6) is 0. The van der Waals surface area contributed by atoms with Crippen molar-refractivity contribution in [2.45, 2.75) is 38.2 Å². The molecule has 1 rings (SSSR count). The smallest absolute Gasteiger partial charge is 0.240 e. The summed E-state index contributed by atoms with van der Waals surface area (Å²) in [6.07, 6.45) is -0.259. The lowest BCUT2D eigenvalue weighted by Crippen LogP contribution is -2.34. The van der Waals surface area contributed by atoms with Crippen molar-refractivity contribution in [1.82, 2.24) is 4.72 Å². The Morgan fingerprint density at radius 2 is 1.70 bits per heavy atom. The van der Waals surface area contributed by atoms with Crippen molar-refractivity contribution in [3.8, 4) is 0 Å². The van der Waals surface area contributed by atoms with E-state index in [-0.39, 0.29) is 26.9 Å². The second-order valence-electron chi connectivity index (χ2n) is 5.88. The van der Waals surface area contributed by atoms with Gasteiger partial charge in [-0.15, -0.1) is 0 Å². The van der Waals surface area contributed by atoms with Gasteiger partial charge in [-0.05, 0) is 30.0 Å². The number of nitrogens with one attached hydrogen (secondary N) is 1. The van der Waals surface area contributed by atoms with E-state index in [1.54, 1.807) is 0 Å². The summed E-state index contributed by atoms with van der Waals surface area (Å²) in [5, 5.41) is 10.3. The molecule has 0 saturated heterocycles. The number of aliphatic hydroxyl groups excluding tert-OH is 1. The molecule has 0 spiro atoms. The zero-order valence-electron chi connectivity index (χ0n) is 11.7. The standard InChI is InChI=1S/C13H19Cl2NO3S/c1-13(2,3)7-11(17)8-16-20(18,19)12-5-9(14)4-10(15)6-12/h4-6,11,16-17H,7-8H2,1-3H3. The molecule has 0 saturated carbocycles. The summed E-state index contributed by atoms with van der Waals surface area (Å²) >= 11 is 11.6. The third-order valence-corrected chi connectivity index (χ3v) is 4.34. The van der Waals surface area contributed by atoms with Gasteiger partial charge in [-0.25, -0.2) is 13.1 Å². The van der Waals surface area contributed by atoms with E-state index in [0.29, 0.717) is 6.42 Å². The Balaban J connectivity index is 2.75. The summed E-state index contributed by atoms with van der Waals surface area (Å²) in [5.41, 5.74) is -0.0791. The summed E-state index contributed by atoms with van der Waals surface area (Å²) in [7, 11) is -3.73. The highest BCUT2D eigenvalue weighted by Crippen LogP contribution is 2.23. The molecule has 0 aliphatic heterocycles. The van der Waals surface area contributed by atoms with Gasteiger partial charge in [0.1, 0.15) is 0 Å². The number of halogens is 2. The summed E-state index contributed by atoms with van der Waals surface area (Å²) in [4.78, 5) is -0.0158. The van der Waals surface area contributed by atoms with Crippen LogP contribution < -0.4 is 4.72 Å². The average molecular weight is 340 g/mol. The Labute approximate surface area is 130 Å². The van der Waals surface area contributed by atoms with Crippen LogP contribution in [0.3, 0.4) is 0 Å². The number of rotatable bonds is 5. The van der Waals surface area contributed by atoms with Crippen LogP contribution in [0.5, 0.6) is 0 Å². The zero-order valence-corrected chi connectivity index (χ0v) is 14.0. The molecule has 0 amide bonds. The Morgan fingerprint density at radius 3 is 2.15 bits per heavy atom. The number of hydrogen-bond acceptors (Lipinski definition) is 3. The molecule has 114 valence electrons. The van der Waals surface area contributed by atoms with Crippen LogP contribution in [0.2, 0.25) is 10.0 Å². The molecule has 0 aliphatic carbocycles. The van der Waals surface area contributed by atoms with Crippen LogP contribution in [0.1, 0.15) is 27.2 Å². The fourth-order valence-corrected chi connectivity index (χ4v) is 3.55. The molecule has 0 radical (unpaired) electrons. The summed E-state index contributed by atoms with van der Waals surface area (Å²) in [6.45, 7) is 5.87. The molecule has 4 nitrogen and oxygen atoms in total. The number of sulfonamides is 1.